The summed E-state index contributed by atoms with van der Waals surface area (Å²) in [5.74, 6) is -2.42. The summed E-state index contributed by atoms with van der Waals surface area (Å²) in [4.78, 5) is 11.4. The van der Waals surface area contributed by atoms with Gasteiger partial charge in [-0.2, -0.15) is 0 Å². The summed E-state index contributed by atoms with van der Waals surface area (Å²) in [5.41, 5.74) is -0.0326. The van der Waals surface area contributed by atoms with E-state index >= 15 is 0 Å². The highest BCUT2D eigenvalue weighted by atomic mass is 19.2. The van der Waals surface area contributed by atoms with Crippen molar-refractivity contribution in [3.8, 4) is 12.3 Å². The quantitative estimate of drug-likeness (QED) is 0.635. The van der Waals surface area contributed by atoms with Crippen LogP contribution in [0.4, 0.5) is 18.9 Å². The van der Waals surface area contributed by atoms with Crippen molar-refractivity contribution in [3.63, 3.8) is 0 Å². The molecule has 0 spiro atoms. The van der Waals surface area contributed by atoms with Crippen molar-refractivity contribution in [3.05, 3.63) is 29.6 Å². The van der Waals surface area contributed by atoms with Crippen LogP contribution in [0.5, 0.6) is 0 Å². The highest BCUT2D eigenvalue weighted by Crippen LogP contribution is 2.17. The van der Waals surface area contributed by atoms with E-state index in [4.69, 9.17) is 6.42 Å². The van der Waals surface area contributed by atoms with E-state index in [-0.39, 0.29) is 12.2 Å². The molecule has 0 saturated carbocycles. The SMILES string of the molecule is C#CCNC(=O)C(C)Nc1cc(F)c(F)c(F)c1. The lowest BCUT2D eigenvalue weighted by atomic mass is 10.2. The Hall–Kier alpha value is -2.16. The minimum atomic E-state index is -1.55. The van der Waals surface area contributed by atoms with Crippen LogP contribution in [0.15, 0.2) is 12.1 Å². The van der Waals surface area contributed by atoms with Gasteiger partial charge in [-0.3, -0.25) is 4.79 Å². The first-order valence-corrected chi connectivity index (χ1v) is 5.08. The molecule has 0 aliphatic carbocycles. The Balaban J connectivity index is 2.73. The Morgan fingerprint density at radius 2 is 1.94 bits per heavy atom. The summed E-state index contributed by atoms with van der Waals surface area (Å²) < 4.78 is 38.5. The molecule has 1 atom stereocenters. The van der Waals surface area contributed by atoms with Crippen LogP contribution < -0.4 is 10.6 Å². The number of carbonyl (C=O) groups excluding carboxylic acids is 1. The van der Waals surface area contributed by atoms with E-state index in [0.717, 1.165) is 12.1 Å². The topological polar surface area (TPSA) is 41.1 Å². The molecule has 1 unspecified atom stereocenters. The largest absolute Gasteiger partial charge is 0.374 e. The lowest BCUT2D eigenvalue weighted by Gasteiger charge is -2.14. The number of hydrogen-bond donors (Lipinski definition) is 2. The van der Waals surface area contributed by atoms with Gasteiger partial charge >= 0.3 is 0 Å². The zero-order valence-electron chi connectivity index (χ0n) is 9.56. The third-order valence-corrected chi connectivity index (χ3v) is 2.12. The molecule has 0 bridgehead atoms. The molecule has 0 aromatic heterocycles. The fourth-order valence-corrected chi connectivity index (χ4v) is 1.25. The fraction of sp³-hybridized carbons (Fsp3) is 0.250. The van der Waals surface area contributed by atoms with Gasteiger partial charge in [0.2, 0.25) is 5.91 Å². The van der Waals surface area contributed by atoms with Gasteiger partial charge in [-0.05, 0) is 6.92 Å². The Kier molecular flexibility index (Phi) is 4.60. The molecule has 0 radical (unpaired) electrons. The van der Waals surface area contributed by atoms with E-state index in [1.165, 1.54) is 6.92 Å². The highest BCUT2D eigenvalue weighted by molar-refractivity contribution is 5.84. The van der Waals surface area contributed by atoms with Crippen molar-refractivity contribution in [2.75, 3.05) is 11.9 Å². The van der Waals surface area contributed by atoms with Gasteiger partial charge in [0.15, 0.2) is 17.5 Å². The maximum Gasteiger partial charge on any atom is 0.242 e. The molecule has 1 amide bonds. The van der Waals surface area contributed by atoms with Crippen molar-refractivity contribution in [1.29, 1.82) is 0 Å². The monoisotopic (exact) mass is 256 g/mol. The summed E-state index contributed by atoms with van der Waals surface area (Å²) in [7, 11) is 0. The molecule has 0 aliphatic rings. The van der Waals surface area contributed by atoms with Gasteiger partial charge in [0.1, 0.15) is 6.04 Å². The number of anilines is 1. The lowest BCUT2D eigenvalue weighted by molar-refractivity contribution is -0.121. The molecule has 1 aromatic rings. The van der Waals surface area contributed by atoms with Crippen molar-refractivity contribution in [2.45, 2.75) is 13.0 Å². The third-order valence-electron chi connectivity index (χ3n) is 2.12. The molecule has 0 heterocycles. The Morgan fingerprint density at radius 3 is 2.44 bits per heavy atom. The predicted octanol–water partition coefficient (Wildman–Crippen LogP) is 1.65. The van der Waals surface area contributed by atoms with Gasteiger partial charge < -0.3 is 10.6 Å². The number of terminal acetylenes is 1. The highest BCUT2D eigenvalue weighted by Gasteiger charge is 2.15. The van der Waals surface area contributed by atoms with Crippen LogP contribution in [-0.2, 0) is 4.79 Å². The van der Waals surface area contributed by atoms with Crippen LogP contribution in [0, 0.1) is 29.8 Å². The number of halogens is 3. The number of carbonyl (C=O) groups is 1. The summed E-state index contributed by atoms with van der Waals surface area (Å²) >= 11 is 0. The molecular weight excluding hydrogens is 245 g/mol. The Bertz CT molecular complexity index is 474. The number of rotatable bonds is 4. The van der Waals surface area contributed by atoms with E-state index in [1.54, 1.807) is 0 Å². The van der Waals surface area contributed by atoms with Crippen LogP contribution in [0.2, 0.25) is 0 Å². The third kappa shape index (κ3) is 3.42. The molecule has 18 heavy (non-hydrogen) atoms. The van der Waals surface area contributed by atoms with Crippen molar-refractivity contribution in [1.82, 2.24) is 5.32 Å². The van der Waals surface area contributed by atoms with E-state index in [0.29, 0.717) is 0 Å². The van der Waals surface area contributed by atoms with Crippen molar-refractivity contribution < 1.29 is 18.0 Å². The molecule has 2 N–H and O–H groups in total. The second-order valence-electron chi connectivity index (χ2n) is 3.54. The van der Waals surface area contributed by atoms with Gasteiger partial charge in [0.05, 0.1) is 6.54 Å². The van der Waals surface area contributed by atoms with Crippen molar-refractivity contribution >= 4 is 11.6 Å². The number of hydrogen-bond acceptors (Lipinski definition) is 2. The zero-order chi connectivity index (χ0) is 13.7. The van der Waals surface area contributed by atoms with Crippen molar-refractivity contribution in [2.24, 2.45) is 0 Å². The summed E-state index contributed by atoms with van der Waals surface area (Å²) in [6.45, 7) is 1.53. The standard InChI is InChI=1S/C12H11F3N2O/c1-3-4-16-12(18)7(2)17-8-5-9(13)11(15)10(14)6-8/h1,5-7,17H,4H2,2H3,(H,16,18). The molecular formula is C12H11F3N2O. The summed E-state index contributed by atoms with van der Waals surface area (Å²) in [6.07, 6.45) is 4.96. The smallest absolute Gasteiger partial charge is 0.242 e. The van der Waals surface area contributed by atoms with Crippen LogP contribution in [0.3, 0.4) is 0 Å². The second-order valence-corrected chi connectivity index (χ2v) is 3.54. The summed E-state index contributed by atoms with van der Waals surface area (Å²) in [5, 5.41) is 4.93. The molecule has 6 heteroatoms. The van der Waals surface area contributed by atoms with E-state index in [2.05, 4.69) is 16.6 Å². The molecule has 1 aromatic carbocycles. The molecule has 1 rings (SSSR count). The Morgan fingerprint density at radius 1 is 1.39 bits per heavy atom. The van der Waals surface area contributed by atoms with Gasteiger partial charge in [-0.15, -0.1) is 6.42 Å². The maximum absolute atomic E-state index is 12.9. The second kappa shape index (κ2) is 5.96. The molecule has 3 nitrogen and oxygen atoms in total. The van der Waals surface area contributed by atoms with Gasteiger partial charge in [0, 0.05) is 17.8 Å². The normalized spacial score (nSPS) is 11.5. The molecule has 0 aliphatic heterocycles. The molecule has 0 fully saturated rings. The minimum Gasteiger partial charge on any atom is -0.374 e. The zero-order valence-corrected chi connectivity index (χ0v) is 9.56. The van der Waals surface area contributed by atoms with E-state index in [9.17, 15) is 18.0 Å². The number of nitrogens with one attached hydrogen (secondary N) is 2. The van der Waals surface area contributed by atoms with E-state index < -0.39 is 29.4 Å². The average molecular weight is 256 g/mol. The van der Waals surface area contributed by atoms with Gasteiger partial charge in [0.25, 0.3) is 0 Å². The Labute approximate surface area is 102 Å². The van der Waals surface area contributed by atoms with Crippen LogP contribution in [0.1, 0.15) is 6.92 Å². The first-order chi connectivity index (χ1) is 8.45. The number of benzene rings is 1. The first-order valence-electron chi connectivity index (χ1n) is 5.08. The minimum absolute atomic E-state index is 0.0326. The number of amides is 1. The first kappa shape index (κ1) is 13.9. The molecule has 0 saturated heterocycles. The van der Waals surface area contributed by atoms with Crippen LogP contribution >= 0.6 is 0 Å². The van der Waals surface area contributed by atoms with Crippen LogP contribution in [-0.4, -0.2) is 18.5 Å². The fourth-order valence-electron chi connectivity index (χ4n) is 1.25. The molecule has 96 valence electrons. The predicted molar refractivity (Wildman–Crippen MR) is 61.2 cm³/mol. The van der Waals surface area contributed by atoms with Gasteiger partial charge in [-0.1, -0.05) is 5.92 Å². The lowest BCUT2D eigenvalue weighted by Crippen LogP contribution is -2.37. The summed E-state index contributed by atoms with van der Waals surface area (Å²) in [6, 6.07) is 0.773. The average Bonchev–Trinajstić information content (AvgIpc) is 2.32. The maximum atomic E-state index is 12.9. The van der Waals surface area contributed by atoms with E-state index in [1.807, 2.05) is 0 Å². The van der Waals surface area contributed by atoms with Crippen LogP contribution in [0.25, 0.3) is 0 Å². The van der Waals surface area contributed by atoms with Gasteiger partial charge in [-0.25, -0.2) is 13.2 Å².